The number of ether oxygens (including phenoxy) is 1. The molecule has 80 valence electrons. The van der Waals surface area contributed by atoms with Gasteiger partial charge in [0.15, 0.2) is 0 Å². The van der Waals surface area contributed by atoms with Gasteiger partial charge in [-0.2, -0.15) is 0 Å². The number of rotatable bonds is 1. The van der Waals surface area contributed by atoms with Crippen molar-refractivity contribution < 1.29 is 4.74 Å². The zero-order valence-electron chi connectivity index (χ0n) is 9.34. The highest BCUT2D eigenvalue weighted by molar-refractivity contribution is 5.47. The second-order valence-electron chi connectivity index (χ2n) is 4.97. The summed E-state index contributed by atoms with van der Waals surface area (Å²) in [5.41, 5.74) is 3.35. The van der Waals surface area contributed by atoms with Crippen LogP contribution in [-0.4, -0.2) is 13.7 Å². The van der Waals surface area contributed by atoms with Gasteiger partial charge in [-0.1, -0.05) is 13.0 Å². The molecule has 1 aliphatic heterocycles. The van der Waals surface area contributed by atoms with Crippen LogP contribution in [0.25, 0.3) is 0 Å². The van der Waals surface area contributed by atoms with Crippen molar-refractivity contribution in [2.24, 2.45) is 0 Å². The maximum Gasteiger partial charge on any atom is 0.119 e. The summed E-state index contributed by atoms with van der Waals surface area (Å²) in [5.74, 6) is 0.988. The molecule has 3 rings (SSSR count). The number of methoxy groups -OCH3 is 1. The molecule has 1 fully saturated rings. The van der Waals surface area contributed by atoms with Crippen molar-refractivity contribution >= 4 is 0 Å². The molecule has 0 spiro atoms. The Hall–Kier alpha value is -1.02. The second kappa shape index (κ2) is 2.99. The molecular weight excluding hydrogens is 186 g/mol. The molecule has 0 amide bonds. The van der Waals surface area contributed by atoms with Crippen LogP contribution in [0.1, 0.15) is 36.9 Å². The number of benzene rings is 1. The zero-order chi connectivity index (χ0) is 10.5. The van der Waals surface area contributed by atoms with Gasteiger partial charge < -0.3 is 10.1 Å². The molecule has 2 heteroatoms. The van der Waals surface area contributed by atoms with Crippen LogP contribution in [0.3, 0.4) is 0 Å². The molecule has 0 aromatic heterocycles. The van der Waals surface area contributed by atoms with E-state index in [0.717, 1.165) is 12.3 Å². The summed E-state index contributed by atoms with van der Waals surface area (Å²) in [6.45, 7) is 3.52. The fraction of sp³-hybridized carbons (Fsp3) is 0.538. The summed E-state index contributed by atoms with van der Waals surface area (Å²) in [6, 6.07) is 7.10. The third kappa shape index (κ3) is 1.21. The first-order valence-electron chi connectivity index (χ1n) is 5.65. The summed E-state index contributed by atoms with van der Waals surface area (Å²) in [7, 11) is 1.74. The van der Waals surface area contributed by atoms with Gasteiger partial charge in [0.05, 0.1) is 7.11 Å². The Morgan fingerprint density at radius 2 is 2.33 bits per heavy atom. The van der Waals surface area contributed by atoms with Crippen LogP contribution in [0.4, 0.5) is 0 Å². The molecule has 1 saturated heterocycles. The SMILES string of the molecule is COc1ccc2c(c1)[C@]1(C)CCN[C@H]2C1. The van der Waals surface area contributed by atoms with Crippen LogP contribution >= 0.6 is 0 Å². The van der Waals surface area contributed by atoms with Crippen LogP contribution in [0, 0.1) is 0 Å². The van der Waals surface area contributed by atoms with E-state index < -0.39 is 0 Å². The van der Waals surface area contributed by atoms with Crippen LogP contribution in [0.2, 0.25) is 0 Å². The predicted molar refractivity (Wildman–Crippen MR) is 60.3 cm³/mol. The Balaban J connectivity index is 2.15. The van der Waals surface area contributed by atoms with E-state index in [9.17, 15) is 0 Å². The van der Waals surface area contributed by atoms with Gasteiger partial charge in [0.2, 0.25) is 0 Å². The second-order valence-corrected chi connectivity index (χ2v) is 4.97. The topological polar surface area (TPSA) is 21.3 Å². The highest BCUT2D eigenvalue weighted by Crippen LogP contribution is 2.50. The van der Waals surface area contributed by atoms with Gasteiger partial charge in [-0.15, -0.1) is 0 Å². The average Bonchev–Trinajstić information content (AvgIpc) is 2.46. The first kappa shape index (κ1) is 9.22. The summed E-state index contributed by atoms with van der Waals surface area (Å²) >= 11 is 0. The van der Waals surface area contributed by atoms with Gasteiger partial charge in [0, 0.05) is 6.04 Å². The summed E-state index contributed by atoms with van der Waals surface area (Å²) in [4.78, 5) is 0. The maximum absolute atomic E-state index is 5.31. The zero-order valence-corrected chi connectivity index (χ0v) is 9.34. The fourth-order valence-electron chi connectivity index (χ4n) is 3.10. The molecule has 1 heterocycles. The van der Waals surface area contributed by atoms with Gasteiger partial charge in [-0.25, -0.2) is 0 Å². The van der Waals surface area contributed by atoms with Crippen molar-refractivity contribution in [2.45, 2.75) is 31.2 Å². The van der Waals surface area contributed by atoms with E-state index in [2.05, 4.69) is 30.4 Å². The molecular formula is C13H17NO. The van der Waals surface area contributed by atoms with Gasteiger partial charge >= 0.3 is 0 Å². The third-order valence-corrected chi connectivity index (χ3v) is 4.01. The number of hydrogen-bond donors (Lipinski definition) is 1. The fourth-order valence-corrected chi connectivity index (χ4v) is 3.10. The predicted octanol–water partition coefficient (Wildman–Crippen LogP) is 2.39. The van der Waals surface area contributed by atoms with E-state index in [0.29, 0.717) is 11.5 Å². The highest BCUT2D eigenvalue weighted by atomic mass is 16.5. The minimum Gasteiger partial charge on any atom is -0.497 e. The van der Waals surface area contributed by atoms with Gasteiger partial charge in [0.1, 0.15) is 5.75 Å². The lowest BCUT2D eigenvalue weighted by atomic mass is 9.79. The Bertz CT molecular complexity index is 402. The first-order chi connectivity index (χ1) is 7.23. The van der Waals surface area contributed by atoms with E-state index in [-0.39, 0.29) is 0 Å². The first-order valence-corrected chi connectivity index (χ1v) is 5.65. The molecule has 1 aromatic carbocycles. The third-order valence-electron chi connectivity index (χ3n) is 4.01. The molecule has 1 aliphatic carbocycles. The van der Waals surface area contributed by atoms with Gasteiger partial charge in [0.25, 0.3) is 0 Å². The Labute approximate surface area is 90.6 Å². The van der Waals surface area contributed by atoms with Crippen LogP contribution in [0.5, 0.6) is 5.75 Å². The number of hydrogen-bond acceptors (Lipinski definition) is 2. The van der Waals surface area contributed by atoms with Crippen LogP contribution in [0.15, 0.2) is 18.2 Å². The summed E-state index contributed by atoms with van der Waals surface area (Å²) in [5, 5.41) is 3.59. The highest BCUT2D eigenvalue weighted by Gasteiger charge is 2.42. The van der Waals surface area contributed by atoms with E-state index in [1.54, 1.807) is 7.11 Å². The minimum atomic E-state index is 0.375. The maximum atomic E-state index is 5.31. The van der Waals surface area contributed by atoms with E-state index in [1.165, 1.54) is 24.0 Å². The number of nitrogens with one attached hydrogen (secondary N) is 1. The molecule has 15 heavy (non-hydrogen) atoms. The largest absolute Gasteiger partial charge is 0.497 e. The lowest BCUT2D eigenvalue weighted by Crippen LogP contribution is -2.33. The molecule has 2 nitrogen and oxygen atoms in total. The van der Waals surface area contributed by atoms with Crippen LogP contribution < -0.4 is 10.1 Å². The van der Waals surface area contributed by atoms with E-state index in [4.69, 9.17) is 4.74 Å². The molecule has 2 aliphatic rings. The van der Waals surface area contributed by atoms with Gasteiger partial charge in [-0.3, -0.25) is 0 Å². The number of fused-ring (bicyclic) bond motifs is 5. The Kier molecular flexibility index (Phi) is 1.84. The summed E-state index contributed by atoms with van der Waals surface area (Å²) in [6.07, 6.45) is 2.49. The van der Waals surface area contributed by atoms with Crippen molar-refractivity contribution in [3.05, 3.63) is 29.3 Å². The molecule has 1 aromatic rings. The number of piperidine rings is 1. The monoisotopic (exact) mass is 203 g/mol. The standard InChI is InChI=1S/C13H17NO/c1-13-5-6-14-12(8-13)10-4-3-9(15-2)7-11(10)13/h3-4,7,12,14H,5-6,8H2,1-2H3/t12-,13+/m0/s1. The Morgan fingerprint density at radius 3 is 3.13 bits per heavy atom. The lowest BCUT2D eigenvalue weighted by Gasteiger charge is -2.30. The van der Waals surface area contributed by atoms with Crippen molar-refractivity contribution in [1.29, 1.82) is 0 Å². The average molecular weight is 203 g/mol. The van der Waals surface area contributed by atoms with Gasteiger partial charge in [-0.05, 0) is 48.1 Å². The molecule has 2 atom stereocenters. The normalized spacial score (nSPS) is 32.5. The molecule has 0 unspecified atom stereocenters. The Morgan fingerprint density at radius 1 is 1.47 bits per heavy atom. The van der Waals surface area contributed by atoms with E-state index in [1.807, 2.05) is 0 Å². The molecule has 2 bridgehead atoms. The lowest BCUT2D eigenvalue weighted by molar-refractivity contribution is 0.312. The van der Waals surface area contributed by atoms with Crippen LogP contribution in [-0.2, 0) is 5.41 Å². The molecule has 0 radical (unpaired) electrons. The summed E-state index contributed by atoms with van der Waals surface area (Å²) < 4.78 is 5.31. The van der Waals surface area contributed by atoms with Crippen molar-refractivity contribution in [1.82, 2.24) is 5.32 Å². The smallest absolute Gasteiger partial charge is 0.119 e. The molecule has 0 saturated carbocycles. The van der Waals surface area contributed by atoms with E-state index >= 15 is 0 Å². The van der Waals surface area contributed by atoms with Crippen molar-refractivity contribution in [2.75, 3.05) is 13.7 Å². The van der Waals surface area contributed by atoms with Crippen molar-refractivity contribution in [3.63, 3.8) is 0 Å². The quantitative estimate of drug-likeness (QED) is 0.756. The minimum absolute atomic E-state index is 0.375. The van der Waals surface area contributed by atoms with Crippen molar-refractivity contribution in [3.8, 4) is 5.75 Å². The molecule has 1 N–H and O–H groups in total.